The molecule has 1 spiro atoms. The van der Waals surface area contributed by atoms with Crippen molar-refractivity contribution >= 4 is 17.4 Å². The molecule has 1 aromatic heterocycles. The summed E-state index contributed by atoms with van der Waals surface area (Å²) in [5.41, 5.74) is 5.60. The van der Waals surface area contributed by atoms with Crippen LogP contribution in [0.25, 0.3) is 5.69 Å². The van der Waals surface area contributed by atoms with Gasteiger partial charge < -0.3 is 20.1 Å². The maximum atomic E-state index is 12.7. The lowest BCUT2D eigenvalue weighted by atomic mass is 9.82. The van der Waals surface area contributed by atoms with Crippen molar-refractivity contribution in [3.05, 3.63) is 78.1 Å². The fraction of sp³-hybridized carbons (Fsp3) is 0.261. The SMILES string of the molecule is Cc1ccc2c(c1)NC1(CCN(C(=O)Nc3ccccc3)CC1)c1cccn1-2. The molecule has 2 aliphatic rings. The first-order valence-electron chi connectivity index (χ1n) is 9.83. The third-order valence-electron chi connectivity index (χ3n) is 5.95. The predicted octanol–water partition coefficient (Wildman–Crippen LogP) is 4.73. The predicted molar refractivity (Wildman–Crippen MR) is 112 cm³/mol. The van der Waals surface area contributed by atoms with Crippen LogP contribution in [0.5, 0.6) is 0 Å². The number of hydrogen-bond acceptors (Lipinski definition) is 2. The van der Waals surface area contributed by atoms with E-state index < -0.39 is 0 Å². The van der Waals surface area contributed by atoms with Crippen LogP contribution in [0.15, 0.2) is 66.9 Å². The first kappa shape index (κ1) is 16.9. The highest BCUT2D eigenvalue weighted by Crippen LogP contribution is 2.43. The third kappa shape index (κ3) is 2.74. The molecule has 1 saturated heterocycles. The molecule has 2 aromatic carbocycles. The molecule has 2 N–H and O–H groups in total. The molecule has 5 rings (SSSR count). The molecule has 28 heavy (non-hydrogen) atoms. The Kier molecular flexibility index (Phi) is 3.90. The minimum atomic E-state index is -0.131. The first-order valence-corrected chi connectivity index (χ1v) is 9.83. The van der Waals surface area contributed by atoms with Gasteiger partial charge in [-0.2, -0.15) is 0 Å². The third-order valence-corrected chi connectivity index (χ3v) is 5.95. The van der Waals surface area contributed by atoms with E-state index in [0.717, 1.165) is 31.6 Å². The van der Waals surface area contributed by atoms with Crippen molar-refractivity contribution in [3.8, 4) is 5.69 Å². The summed E-state index contributed by atoms with van der Waals surface area (Å²) >= 11 is 0. The number of benzene rings is 2. The van der Waals surface area contributed by atoms with Crippen molar-refractivity contribution in [1.29, 1.82) is 0 Å². The minimum absolute atomic E-state index is 0.0245. The van der Waals surface area contributed by atoms with Crippen molar-refractivity contribution in [2.75, 3.05) is 23.7 Å². The van der Waals surface area contributed by atoms with E-state index in [2.05, 4.69) is 58.7 Å². The van der Waals surface area contributed by atoms with E-state index in [1.807, 2.05) is 35.2 Å². The summed E-state index contributed by atoms with van der Waals surface area (Å²) in [7, 11) is 0. The van der Waals surface area contributed by atoms with Crippen molar-refractivity contribution in [2.45, 2.75) is 25.3 Å². The number of carbonyl (C=O) groups excluding carboxylic acids is 1. The van der Waals surface area contributed by atoms with Crippen LogP contribution in [-0.4, -0.2) is 28.6 Å². The topological polar surface area (TPSA) is 49.3 Å². The highest BCUT2D eigenvalue weighted by atomic mass is 16.2. The Labute approximate surface area is 165 Å². The van der Waals surface area contributed by atoms with Crippen molar-refractivity contribution in [1.82, 2.24) is 9.47 Å². The number of nitrogens with one attached hydrogen (secondary N) is 2. The number of nitrogens with zero attached hydrogens (tertiary/aromatic N) is 2. The lowest BCUT2D eigenvalue weighted by molar-refractivity contribution is 0.174. The second kappa shape index (κ2) is 6.44. The van der Waals surface area contributed by atoms with Crippen molar-refractivity contribution < 1.29 is 4.79 Å². The number of amides is 2. The lowest BCUT2D eigenvalue weighted by Gasteiger charge is -2.46. The molecule has 5 nitrogen and oxygen atoms in total. The summed E-state index contributed by atoms with van der Waals surface area (Å²) in [6.07, 6.45) is 3.90. The number of aromatic nitrogens is 1. The summed E-state index contributed by atoms with van der Waals surface area (Å²) in [5.74, 6) is 0. The van der Waals surface area contributed by atoms with E-state index in [-0.39, 0.29) is 11.6 Å². The van der Waals surface area contributed by atoms with Gasteiger partial charge in [0.25, 0.3) is 0 Å². The highest BCUT2D eigenvalue weighted by Gasteiger charge is 2.42. The Morgan fingerprint density at radius 2 is 1.82 bits per heavy atom. The molecular weight excluding hydrogens is 348 g/mol. The molecule has 2 aliphatic heterocycles. The van der Waals surface area contributed by atoms with Gasteiger partial charge in [0.2, 0.25) is 0 Å². The number of rotatable bonds is 1. The summed E-state index contributed by atoms with van der Waals surface area (Å²) in [5, 5.41) is 6.83. The number of para-hydroxylation sites is 1. The number of anilines is 2. The van der Waals surface area contributed by atoms with Gasteiger partial charge in [-0.25, -0.2) is 4.79 Å². The number of likely N-dealkylation sites (tertiary alicyclic amines) is 1. The van der Waals surface area contributed by atoms with Gasteiger partial charge in [-0.15, -0.1) is 0 Å². The smallest absolute Gasteiger partial charge is 0.321 e. The van der Waals surface area contributed by atoms with Crippen LogP contribution < -0.4 is 10.6 Å². The minimum Gasteiger partial charge on any atom is -0.372 e. The molecule has 142 valence electrons. The van der Waals surface area contributed by atoms with E-state index in [4.69, 9.17) is 0 Å². The Bertz CT molecular complexity index is 1020. The van der Waals surface area contributed by atoms with Crippen LogP contribution in [0.1, 0.15) is 24.1 Å². The van der Waals surface area contributed by atoms with E-state index in [1.165, 1.54) is 22.6 Å². The quantitative estimate of drug-likeness (QED) is 0.648. The molecule has 0 atom stereocenters. The zero-order chi connectivity index (χ0) is 19.1. The Hall–Kier alpha value is -3.21. The summed E-state index contributed by atoms with van der Waals surface area (Å²) in [6.45, 7) is 3.56. The Morgan fingerprint density at radius 3 is 2.61 bits per heavy atom. The summed E-state index contributed by atoms with van der Waals surface area (Å²) < 4.78 is 2.30. The molecule has 2 amide bonds. The van der Waals surface area contributed by atoms with Gasteiger partial charge in [0, 0.05) is 30.7 Å². The van der Waals surface area contributed by atoms with E-state index in [9.17, 15) is 4.79 Å². The van der Waals surface area contributed by atoms with Gasteiger partial charge in [0.15, 0.2) is 0 Å². The average Bonchev–Trinajstić information content (AvgIpc) is 3.20. The van der Waals surface area contributed by atoms with Gasteiger partial charge in [0.1, 0.15) is 0 Å². The molecule has 0 saturated carbocycles. The normalized spacial score (nSPS) is 16.8. The number of urea groups is 1. The largest absolute Gasteiger partial charge is 0.372 e. The van der Waals surface area contributed by atoms with Crippen LogP contribution in [0.2, 0.25) is 0 Å². The van der Waals surface area contributed by atoms with Crippen LogP contribution in [-0.2, 0) is 5.54 Å². The van der Waals surface area contributed by atoms with E-state index in [0.29, 0.717) is 0 Å². The van der Waals surface area contributed by atoms with Gasteiger partial charge in [-0.1, -0.05) is 24.3 Å². The standard InChI is InChI=1S/C23H24N4O/c1-17-9-10-20-19(16-17)25-23(21-8-5-13-27(20)21)11-14-26(15-12-23)22(28)24-18-6-3-2-4-7-18/h2-10,13,16,25H,11-12,14-15H2,1H3,(H,24,28). The summed E-state index contributed by atoms with van der Waals surface area (Å²) in [4.78, 5) is 14.6. The molecule has 5 heteroatoms. The van der Waals surface area contributed by atoms with Crippen molar-refractivity contribution in [2.24, 2.45) is 0 Å². The van der Waals surface area contributed by atoms with Gasteiger partial charge >= 0.3 is 6.03 Å². The van der Waals surface area contributed by atoms with E-state index >= 15 is 0 Å². The maximum Gasteiger partial charge on any atom is 0.321 e. The van der Waals surface area contributed by atoms with Gasteiger partial charge in [-0.3, -0.25) is 0 Å². The molecular formula is C23H24N4O. The molecule has 3 aromatic rings. The zero-order valence-corrected chi connectivity index (χ0v) is 16.0. The Balaban J connectivity index is 1.37. The molecule has 0 radical (unpaired) electrons. The fourth-order valence-corrected chi connectivity index (χ4v) is 4.46. The van der Waals surface area contributed by atoms with Crippen LogP contribution >= 0.6 is 0 Å². The molecule has 3 heterocycles. The lowest BCUT2D eigenvalue weighted by Crippen LogP contribution is -2.51. The van der Waals surface area contributed by atoms with Crippen LogP contribution in [0.4, 0.5) is 16.2 Å². The van der Waals surface area contributed by atoms with Crippen LogP contribution in [0.3, 0.4) is 0 Å². The number of piperidine rings is 1. The summed E-state index contributed by atoms with van der Waals surface area (Å²) in [6, 6.07) is 20.5. The van der Waals surface area contributed by atoms with Gasteiger partial charge in [0.05, 0.1) is 16.9 Å². The number of carbonyl (C=O) groups is 1. The average molecular weight is 372 g/mol. The zero-order valence-electron chi connectivity index (χ0n) is 16.0. The molecule has 0 unspecified atom stereocenters. The number of hydrogen-bond donors (Lipinski definition) is 2. The molecule has 0 aliphatic carbocycles. The molecule has 1 fully saturated rings. The fourth-order valence-electron chi connectivity index (χ4n) is 4.46. The van der Waals surface area contributed by atoms with Gasteiger partial charge in [-0.05, 0) is 61.7 Å². The molecule has 0 bridgehead atoms. The number of aryl methyl sites for hydroxylation is 1. The second-order valence-electron chi connectivity index (χ2n) is 7.77. The van der Waals surface area contributed by atoms with E-state index in [1.54, 1.807) is 0 Å². The highest BCUT2D eigenvalue weighted by molar-refractivity contribution is 5.89. The second-order valence-corrected chi connectivity index (χ2v) is 7.77. The Morgan fingerprint density at radius 1 is 1.04 bits per heavy atom. The van der Waals surface area contributed by atoms with Crippen LogP contribution in [0, 0.1) is 6.92 Å². The first-order chi connectivity index (χ1) is 13.6. The maximum absolute atomic E-state index is 12.7. The number of fused-ring (bicyclic) bond motifs is 4. The monoisotopic (exact) mass is 372 g/mol. The van der Waals surface area contributed by atoms with Crippen molar-refractivity contribution in [3.63, 3.8) is 0 Å².